The van der Waals surface area contributed by atoms with Crippen LogP contribution in [0.3, 0.4) is 0 Å². The summed E-state index contributed by atoms with van der Waals surface area (Å²) in [5.41, 5.74) is 2.50. The van der Waals surface area contributed by atoms with Crippen LogP contribution in [0.5, 0.6) is 5.75 Å². The van der Waals surface area contributed by atoms with Gasteiger partial charge in [0.05, 0.1) is 19.8 Å². The fourth-order valence-corrected chi connectivity index (χ4v) is 5.05. The number of amides is 3. The summed E-state index contributed by atoms with van der Waals surface area (Å²) >= 11 is 3.50. The van der Waals surface area contributed by atoms with Gasteiger partial charge in [0.15, 0.2) is 0 Å². The van der Waals surface area contributed by atoms with Crippen LogP contribution in [0.1, 0.15) is 24.5 Å². The van der Waals surface area contributed by atoms with Gasteiger partial charge in [0.1, 0.15) is 17.8 Å². The third kappa shape index (κ3) is 5.70. The van der Waals surface area contributed by atoms with Crippen LogP contribution in [0.15, 0.2) is 59.1 Å². The van der Waals surface area contributed by atoms with E-state index in [1.165, 1.54) is 6.92 Å². The average molecular weight is 570 g/mol. The lowest BCUT2D eigenvalue weighted by molar-refractivity contribution is -0.130. The molecule has 0 saturated carbocycles. The largest absolute Gasteiger partial charge is 0.496 e. The van der Waals surface area contributed by atoms with Gasteiger partial charge in [-0.1, -0.05) is 46.3 Å². The molecule has 0 radical (unpaired) electrons. The number of benzene rings is 3. The number of fused-ring (bicyclic) bond motifs is 2. The van der Waals surface area contributed by atoms with Crippen molar-refractivity contribution in [1.82, 2.24) is 10.6 Å². The van der Waals surface area contributed by atoms with Gasteiger partial charge in [-0.2, -0.15) is 0 Å². The van der Waals surface area contributed by atoms with Gasteiger partial charge in [-0.05, 0) is 60.4 Å². The highest BCUT2D eigenvalue weighted by atomic mass is 79.9. The molecule has 1 aliphatic rings. The first-order valence-corrected chi connectivity index (χ1v) is 12.6. The molecule has 10 heteroatoms. The molecular weight excluding hydrogens is 542 g/mol. The summed E-state index contributed by atoms with van der Waals surface area (Å²) in [6.07, 6.45) is -1.90. The SMILES string of the molecule is COc1ccc2cc(Br)ccc2c1CN1C(=O)[C@@H](NC(=O)[C@@H](NC(=O)O)[C@H](C)O)CCc2ccccc21. The molecule has 4 rings (SSSR count). The van der Waals surface area contributed by atoms with Crippen LogP contribution in [0.25, 0.3) is 10.8 Å². The van der Waals surface area contributed by atoms with Crippen molar-refractivity contribution in [1.29, 1.82) is 0 Å². The third-order valence-corrected chi connectivity index (χ3v) is 6.99. The maximum Gasteiger partial charge on any atom is 0.405 e. The molecule has 194 valence electrons. The molecule has 0 unspecified atom stereocenters. The molecule has 3 aromatic carbocycles. The molecule has 3 aromatic rings. The number of carbonyl (C=O) groups is 3. The summed E-state index contributed by atoms with van der Waals surface area (Å²) in [6.45, 7) is 1.50. The van der Waals surface area contributed by atoms with Gasteiger partial charge in [-0.3, -0.25) is 9.59 Å². The molecule has 0 spiro atoms. The molecule has 37 heavy (non-hydrogen) atoms. The molecule has 4 N–H and O–H groups in total. The fourth-order valence-electron chi connectivity index (χ4n) is 4.67. The maximum absolute atomic E-state index is 13.9. The van der Waals surface area contributed by atoms with Crippen molar-refractivity contribution in [3.63, 3.8) is 0 Å². The van der Waals surface area contributed by atoms with E-state index in [4.69, 9.17) is 9.84 Å². The molecule has 1 heterocycles. The topological polar surface area (TPSA) is 128 Å². The Labute approximate surface area is 222 Å². The van der Waals surface area contributed by atoms with E-state index in [2.05, 4.69) is 21.2 Å². The van der Waals surface area contributed by atoms with Gasteiger partial charge in [-0.15, -0.1) is 0 Å². The highest BCUT2D eigenvalue weighted by molar-refractivity contribution is 9.10. The number of rotatable bonds is 7. The van der Waals surface area contributed by atoms with Crippen molar-refractivity contribution in [2.75, 3.05) is 12.0 Å². The highest BCUT2D eigenvalue weighted by Crippen LogP contribution is 2.35. The number of carbonyl (C=O) groups excluding carboxylic acids is 2. The highest BCUT2D eigenvalue weighted by Gasteiger charge is 2.35. The molecule has 9 nitrogen and oxygen atoms in total. The normalized spacial score (nSPS) is 16.9. The second-order valence-corrected chi connectivity index (χ2v) is 9.85. The van der Waals surface area contributed by atoms with Gasteiger partial charge in [0.25, 0.3) is 0 Å². The van der Waals surface area contributed by atoms with E-state index in [9.17, 15) is 19.5 Å². The monoisotopic (exact) mass is 569 g/mol. The number of ether oxygens (including phenoxy) is 1. The average Bonchev–Trinajstić information content (AvgIpc) is 2.99. The summed E-state index contributed by atoms with van der Waals surface area (Å²) < 4.78 is 6.58. The predicted molar refractivity (Wildman–Crippen MR) is 143 cm³/mol. The van der Waals surface area contributed by atoms with Crippen LogP contribution >= 0.6 is 15.9 Å². The minimum absolute atomic E-state index is 0.192. The maximum atomic E-state index is 13.9. The van der Waals surface area contributed by atoms with Crippen LogP contribution in [0, 0.1) is 0 Å². The number of anilines is 1. The summed E-state index contributed by atoms with van der Waals surface area (Å²) in [5.74, 6) is -0.479. The molecule has 3 atom stereocenters. The van der Waals surface area contributed by atoms with E-state index >= 15 is 0 Å². The molecule has 0 aromatic heterocycles. The minimum Gasteiger partial charge on any atom is -0.496 e. The lowest BCUT2D eigenvalue weighted by Crippen LogP contribution is -2.57. The first kappa shape index (κ1) is 26.4. The number of carboxylic acid groups (broad SMARTS) is 1. The lowest BCUT2D eigenvalue weighted by atomic mass is 10.0. The Bertz CT molecular complexity index is 1340. The summed E-state index contributed by atoms with van der Waals surface area (Å²) in [6, 6.07) is 14.9. The van der Waals surface area contributed by atoms with E-state index in [1.807, 2.05) is 59.9 Å². The van der Waals surface area contributed by atoms with Crippen molar-refractivity contribution in [3.05, 3.63) is 70.2 Å². The van der Waals surface area contributed by atoms with Gasteiger partial charge >= 0.3 is 6.09 Å². The number of para-hydroxylation sites is 1. The third-order valence-electron chi connectivity index (χ3n) is 6.50. The Balaban J connectivity index is 1.72. The molecule has 1 aliphatic heterocycles. The Hall–Kier alpha value is -3.63. The Morgan fingerprint density at radius 2 is 1.95 bits per heavy atom. The van der Waals surface area contributed by atoms with Crippen molar-refractivity contribution < 1.29 is 29.3 Å². The van der Waals surface area contributed by atoms with Crippen LogP contribution < -0.4 is 20.3 Å². The number of halogens is 1. The molecular formula is C27H28BrN3O6. The first-order valence-electron chi connectivity index (χ1n) is 11.8. The zero-order chi connectivity index (χ0) is 26.7. The van der Waals surface area contributed by atoms with Crippen LogP contribution in [0.2, 0.25) is 0 Å². The van der Waals surface area contributed by atoms with Gasteiger partial charge < -0.3 is 30.5 Å². The van der Waals surface area contributed by atoms with E-state index in [-0.39, 0.29) is 12.5 Å². The van der Waals surface area contributed by atoms with Crippen LogP contribution in [-0.4, -0.2) is 53.4 Å². The van der Waals surface area contributed by atoms with E-state index in [0.29, 0.717) is 18.6 Å². The van der Waals surface area contributed by atoms with Crippen molar-refractivity contribution >= 4 is 50.3 Å². The number of aryl methyl sites for hydroxylation is 1. The van der Waals surface area contributed by atoms with E-state index in [0.717, 1.165) is 32.1 Å². The Morgan fingerprint density at radius 1 is 1.19 bits per heavy atom. The fraction of sp³-hybridized carbons (Fsp3) is 0.296. The number of hydrogen-bond acceptors (Lipinski definition) is 5. The molecule has 0 aliphatic carbocycles. The number of aliphatic hydroxyl groups excluding tert-OH is 1. The van der Waals surface area contributed by atoms with Gasteiger partial charge in [-0.25, -0.2) is 4.79 Å². The number of hydrogen-bond donors (Lipinski definition) is 4. The number of methoxy groups -OCH3 is 1. The summed E-state index contributed by atoms with van der Waals surface area (Å²) in [4.78, 5) is 39.6. The number of aliphatic hydroxyl groups is 1. The van der Waals surface area contributed by atoms with Crippen molar-refractivity contribution in [2.45, 2.75) is 44.5 Å². The lowest BCUT2D eigenvalue weighted by Gasteiger charge is -2.29. The molecule has 0 fully saturated rings. The molecule has 0 bridgehead atoms. The molecule has 0 saturated heterocycles. The van der Waals surface area contributed by atoms with Crippen molar-refractivity contribution in [3.8, 4) is 5.75 Å². The minimum atomic E-state index is -1.45. The second kappa shape index (κ2) is 11.2. The standard InChI is InChI=1S/C27H28BrN3O6/c1-15(32)24(30-27(35)36)25(33)29-21-11-7-16-5-3-4-6-22(16)31(26(21)34)14-20-19-10-9-18(28)13-17(19)8-12-23(20)37-2/h3-6,8-10,12-13,15,21,24,30,32H,7,11,14H2,1-2H3,(H,29,33)(H,35,36)/t15-,21-,24-/m0/s1. The van der Waals surface area contributed by atoms with Crippen LogP contribution in [0.4, 0.5) is 10.5 Å². The predicted octanol–water partition coefficient (Wildman–Crippen LogP) is 3.59. The van der Waals surface area contributed by atoms with Crippen LogP contribution in [-0.2, 0) is 22.6 Å². The first-order chi connectivity index (χ1) is 17.7. The van der Waals surface area contributed by atoms with Gasteiger partial charge in [0, 0.05) is 15.7 Å². The zero-order valence-corrected chi connectivity index (χ0v) is 22.0. The van der Waals surface area contributed by atoms with E-state index < -0.39 is 30.2 Å². The smallest absolute Gasteiger partial charge is 0.405 e. The van der Waals surface area contributed by atoms with E-state index in [1.54, 1.807) is 12.0 Å². The molecule has 3 amide bonds. The Kier molecular flexibility index (Phi) is 7.99. The summed E-state index contributed by atoms with van der Waals surface area (Å²) in [7, 11) is 1.58. The van der Waals surface area contributed by atoms with Gasteiger partial charge in [0.2, 0.25) is 11.8 Å². The summed E-state index contributed by atoms with van der Waals surface area (Å²) in [5, 5.41) is 25.6. The zero-order valence-electron chi connectivity index (χ0n) is 20.4. The van der Waals surface area contributed by atoms with Crippen molar-refractivity contribution in [2.24, 2.45) is 0 Å². The quantitative estimate of drug-likeness (QED) is 0.344. The number of nitrogens with zero attached hydrogens (tertiary/aromatic N) is 1. The number of nitrogens with one attached hydrogen (secondary N) is 2. The second-order valence-electron chi connectivity index (χ2n) is 8.93. The Morgan fingerprint density at radius 3 is 2.65 bits per heavy atom.